The summed E-state index contributed by atoms with van der Waals surface area (Å²) in [6.07, 6.45) is 3.29. The summed E-state index contributed by atoms with van der Waals surface area (Å²) in [6, 6.07) is 17.1. The number of aromatic nitrogens is 3. The molecule has 6 nitrogen and oxygen atoms in total. The molecule has 1 aliphatic rings. The van der Waals surface area contributed by atoms with Gasteiger partial charge in [-0.15, -0.1) is 10.2 Å². The van der Waals surface area contributed by atoms with Crippen molar-refractivity contribution in [3.8, 4) is 23.1 Å². The summed E-state index contributed by atoms with van der Waals surface area (Å²) in [5.74, 6) is 0.491. The summed E-state index contributed by atoms with van der Waals surface area (Å²) in [6.45, 7) is 0. The van der Waals surface area contributed by atoms with E-state index in [9.17, 15) is 10.1 Å². The predicted octanol–water partition coefficient (Wildman–Crippen LogP) is 5.29. The van der Waals surface area contributed by atoms with E-state index in [0.717, 1.165) is 18.5 Å². The maximum Gasteiger partial charge on any atom is 0.231 e. The van der Waals surface area contributed by atoms with Crippen LogP contribution in [0.5, 0.6) is 0 Å². The second kappa shape index (κ2) is 9.31. The molecule has 3 aromatic rings. The lowest BCUT2D eigenvalue weighted by Crippen LogP contribution is -2.45. The Bertz CT molecular complexity index is 1140. The molecule has 31 heavy (non-hydrogen) atoms. The highest BCUT2D eigenvalue weighted by Gasteiger charge is 2.35. The van der Waals surface area contributed by atoms with Crippen molar-refractivity contribution in [3.05, 3.63) is 58.6 Å². The van der Waals surface area contributed by atoms with Gasteiger partial charge in [-0.3, -0.25) is 9.36 Å². The predicted molar refractivity (Wildman–Crippen MR) is 122 cm³/mol. The molecule has 0 aliphatic heterocycles. The summed E-state index contributed by atoms with van der Waals surface area (Å²) >= 11 is 13.7. The Balaban J connectivity index is 1.62. The van der Waals surface area contributed by atoms with E-state index in [4.69, 9.17) is 23.2 Å². The Morgan fingerprint density at radius 2 is 1.90 bits per heavy atom. The Labute approximate surface area is 194 Å². The summed E-state index contributed by atoms with van der Waals surface area (Å²) in [5, 5.41) is 22.6. The second-order valence-corrected chi connectivity index (χ2v) is 9.13. The van der Waals surface area contributed by atoms with Crippen LogP contribution < -0.4 is 5.32 Å². The molecule has 1 N–H and O–H groups in total. The van der Waals surface area contributed by atoms with Gasteiger partial charge in [0, 0.05) is 16.3 Å². The standard InChI is InChI=1S/C22H19Cl2N5OS/c23-15-8-9-17(18(24)12-15)20-27-28-21(29(20)16-6-2-1-3-7-16)31-13-19(30)26-22(14-25)10-4-5-11-22/h1-3,6-9,12H,4-5,10-11,13H2,(H,26,30). The number of para-hydroxylation sites is 1. The van der Waals surface area contributed by atoms with Gasteiger partial charge in [-0.25, -0.2) is 0 Å². The lowest BCUT2D eigenvalue weighted by Gasteiger charge is -2.21. The zero-order chi connectivity index (χ0) is 21.8. The number of halogens is 2. The van der Waals surface area contributed by atoms with E-state index in [1.54, 1.807) is 18.2 Å². The number of thioether (sulfide) groups is 1. The highest BCUT2D eigenvalue weighted by atomic mass is 35.5. The third kappa shape index (κ3) is 4.72. The molecule has 0 bridgehead atoms. The summed E-state index contributed by atoms with van der Waals surface area (Å²) in [7, 11) is 0. The molecule has 1 aliphatic carbocycles. The lowest BCUT2D eigenvalue weighted by atomic mass is 10.0. The van der Waals surface area contributed by atoms with Crippen LogP contribution in [-0.2, 0) is 4.79 Å². The third-order valence-electron chi connectivity index (χ3n) is 5.20. The maximum atomic E-state index is 12.6. The molecule has 1 amide bonds. The zero-order valence-electron chi connectivity index (χ0n) is 16.5. The normalized spacial score (nSPS) is 14.9. The molecular formula is C22H19Cl2N5OS. The molecular weight excluding hydrogens is 453 g/mol. The van der Waals surface area contributed by atoms with Crippen molar-refractivity contribution in [2.24, 2.45) is 0 Å². The molecule has 0 atom stereocenters. The number of amides is 1. The number of nitriles is 1. The average molecular weight is 472 g/mol. The molecule has 4 rings (SSSR count). The molecule has 1 fully saturated rings. The van der Waals surface area contributed by atoms with E-state index in [2.05, 4.69) is 21.6 Å². The van der Waals surface area contributed by atoms with Gasteiger partial charge < -0.3 is 5.32 Å². The van der Waals surface area contributed by atoms with Gasteiger partial charge in [-0.2, -0.15) is 5.26 Å². The van der Waals surface area contributed by atoms with E-state index in [-0.39, 0.29) is 11.7 Å². The first-order valence-corrected chi connectivity index (χ1v) is 11.6. The number of hydrogen-bond donors (Lipinski definition) is 1. The molecule has 0 spiro atoms. The molecule has 1 heterocycles. The fraction of sp³-hybridized carbons (Fsp3) is 0.273. The molecule has 0 unspecified atom stereocenters. The highest BCUT2D eigenvalue weighted by molar-refractivity contribution is 7.99. The summed E-state index contributed by atoms with van der Waals surface area (Å²) in [5.41, 5.74) is 0.793. The Hall–Kier alpha value is -2.53. The first-order chi connectivity index (χ1) is 15.0. The Morgan fingerprint density at radius 1 is 1.16 bits per heavy atom. The fourth-order valence-corrected chi connectivity index (χ4v) is 4.94. The monoisotopic (exact) mass is 471 g/mol. The molecule has 2 aromatic carbocycles. The molecule has 1 saturated carbocycles. The maximum absolute atomic E-state index is 12.6. The minimum absolute atomic E-state index is 0.128. The molecule has 1 aromatic heterocycles. The van der Waals surface area contributed by atoms with Gasteiger partial charge in [0.1, 0.15) is 5.54 Å². The fourth-order valence-electron chi connectivity index (χ4n) is 3.69. The zero-order valence-corrected chi connectivity index (χ0v) is 18.8. The van der Waals surface area contributed by atoms with Crippen LogP contribution in [0.2, 0.25) is 10.0 Å². The van der Waals surface area contributed by atoms with Gasteiger partial charge in [-0.05, 0) is 56.0 Å². The van der Waals surface area contributed by atoms with Gasteiger partial charge >= 0.3 is 0 Å². The van der Waals surface area contributed by atoms with Crippen molar-refractivity contribution in [1.82, 2.24) is 20.1 Å². The first kappa shape index (κ1) is 21.7. The average Bonchev–Trinajstić information content (AvgIpc) is 3.40. The smallest absolute Gasteiger partial charge is 0.231 e. The van der Waals surface area contributed by atoms with E-state index >= 15 is 0 Å². The van der Waals surface area contributed by atoms with Gasteiger partial charge in [0.2, 0.25) is 5.91 Å². The number of nitrogens with zero attached hydrogens (tertiary/aromatic N) is 4. The third-order valence-corrected chi connectivity index (χ3v) is 6.68. The Morgan fingerprint density at radius 3 is 2.58 bits per heavy atom. The van der Waals surface area contributed by atoms with Crippen LogP contribution in [-0.4, -0.2) is 32.0 Å². The number of carbonyl (C=O) groups is 1. The SMILES string of the molecule is N#CC1(NC(=O)CSc2nnc(-c3ccc(Cl)cc3Cl)n2-c2ccccc2)CCCC1. The van der Waals surface area contributed by atoms with Crippen molar-refractivity contribution in [2.75, 3.05) is 5.75 Å². The van der Waals surface area contributed by atoms with Crippen LogP contribution in [0, 0.1) is 11.3 Å². The van der Waals surface area contributed by atoms with Gasteiger partial charge in [0.15, 0.2) is 11.0 Å². The van der Waals surface area contributed by atoms with Crippen LogP contribution in [0.3, 0.4) is 0 Å². The van der Waals surface area contributed by atoms with Crippen molar-refractivity contribution >= 4 is 40.9 Å². The van der Waals surface area contributed by atoms with Crippen LogP contribution in [0.25, 0.3) is 17.1 Å². The van der Waals surface area contributed by atoms with Crippen LogP contribution in [0.1, 0.15) is 25.7 Å². The summed E-state index contributed by atoms with van der Waals surface area (Å²) < 4.78 is 1.86. The van der Waals surface area contributed by atoms with Gasteiger partial charge in [0.05, 0.1) is 16.8 Å². The van der Waals surface area contributed by atoms with Crippen molar-refractivity contribution in [1.29, 1.82) is 5.26 Å². The molecule has 9 heteroatoms. The molecule has 0 radical (unpaired) electrons. The van der Waals surface area contributed by atoms with Crippen molar-refractivity contribution in [2.45, 2.75) is 36.4 Å². The van der Waals surface area contributed by atoms with Crippen LogP contribution in [0.15, 0.2) is 53.7 Å². The van der Waals surface area contributed by atoms with Gasteiger partial charge in [0.25, 0.3) is 0 Å². The Kier molecular flexibility index (Phi) is 6.51. The van der Waals surface area contributed by atoms with Gasteiger partial charge in [-0.1, -0.05) is 53.2 Å². The number of nitrogens with one attached hydrogen (secondary N) is 1. The van der Waals surface area contributed by atoms with Crippen LogP contribution in [0.4, 0.5) is 0 Å². The van der Waals surface area contributed by atoms with E-state index in [1.165, 1.54) is 11.8 Å². The number of carbonyl (C=O) groups excluding carboxylic acids is 1. The number of rotatable bonds is 6. The second-order valence-electron chi connectivity index (χ2n) is 7.34. The number of hydrogen-bond acceptors (Lipinski definition) is 5. The minimum atomic E-state index is -0.743. The quantitative estimate of drug-likeness (QED) is 0.493. The van der Waals surface area contributed by atoms with Crippen molar-refractivity contribution in [3.63, 3.8) is 0 Å². The number of benzene rings is 2. The van der Waals surface area contributed by atoms with E-state index < -0.39 is 5.54 Å². The molecule has 0 saturated heterocycles. The van der Waals surface area contributed by atoms with Crippen LogP contribution >= 0.6 is 35.0 Å². The first-order valence-electron chi connectivity index (χ1n) is 9.83. The summed E-state index contributed by atoms with van der Waals surface area (Å²) in [4.78, 5) is 12.6. The largest absolute Gasteiger partial charge is 0.337 e. The van der Waals surface area contributed by atoms with E-state index in [0.29, 0.717) is 39.4 Å². The lowest BCUT2D eigenvalue weighted by molar-refractivity contribution is -0.119. The highest BCUT2D eigenvalue weighted by Crippen LogP contribution is 2.34. The molecule has 158 valence electrons. The topological polar surface area (TPSA) is 83.6 Å². The minimum Gasteiger partial charge on any atom is -0.337 e. The van der Waals surface area contributed by atoms with Crippen molar-refractivity contribution < 1.29 is 4.79 Å². The van der Waals surface area contributed by atoms with E-state index in [1.807, 2.05) is 34.9 Å².